The van der Waals surface area contributed by atoms with Gasteiger partial charge in [0.15, 0.2) is 0 Å². The van der Waals surface area contributed by atoms with E-state index in [1.807, 2.05) is 24.9 Å². The molecule has 3 nitrogen and oxygen atoms in total. The molecule has 0 aromatic carbocycles. The second kappa shape index (κ2) is 4.11. The first-order valence-corrected chi connectivity index (χ1v) is 4.32. The fourth-order valence-corrected chi connectivity index (χ4v) is 1.37. The van der Waals surface area contributed by atoms with Gasteiger partial charge in [-0.2, -0.15) is 5.10 Å². The van der Waals surface area contributed by atoms with E-state index in [9.17, 15) is 0 Å². The average molecular weight is 177 g/mol. The van der Waals surface area contributed by atoms with Gasteiger partial charge >= 0.3 is 0 Å². The van der Waals surface area contributed by atoms with Crippen LogP contribution in [0.5, 0.6) is 0 Å². The topological polar surface area (TPSA) is 29.9 Å². The molecule has 70 valence electrons. The van der Waals surface area contributed by atoms with Gasteiger partial charge in [0.05, 0.1) is 12.2 Å². The maximum Gasteiger partial charge on any atom is 0.0641 e. The fourth-order valence-electron chi connectivity index (χ4n) is 1.37. The van der Waals surface area contributed by atoms with Crippen molar-refractivity contribution < 1.29 is 0 Å². The molecule has 0 spiro atoms. The zero-order valence-corrected chi connectivity index (χ0v) is 8.33. The summed E-state index contributed by atoms with van der Waals surface area (Å²) in [5.74, 6) is 2.56. The summed E-state index contributed by atoms with van der Waals surface area (Å²) in [7, 11) is 1.92. The highest BCUT2D eigenvalue weighted by molar-refractivity contribution is 5.19. The van der Waals surface area contributed by atoms with Crippen LogP contribution in [0, 0.1) is 19.3 Å². The number of terminal acetylenes is 1. The predicted octanol–water partition coefficient (Wildman–Crippen LogP) is 1.01. The fraction of sp³-hybridized carbons (Fsp3) is 0.500. The molecule has 0 radical (unpaired) electrons. The molecule has 0 saturated heterocycles. The molecule has 13 heavy (non-hydrogen) atoms. The number of hydrogen-bond acceptors (Lipinski definition) is 2. The van der Waals surface area contributed by atoms with Crippen LogP contribution in [-0.4, -0.2) is 16.3 Å². The lowest BCUT2D eigenvalue weighted by atomic mass is 10.1. The summed E-state index contributed by atoms with van der Waals surface area (Å²) in [6.07, 6.45) is 7.18. The Morgan fingerprint density at radius 1 is 1.77 bits per heavy atom. The first-order valence-electron chi connectivity index (χ1n) is 4.32. The molecule has 3 heteroatoms. The number of nitrogens with one attached hydrogen (secondary N) is 1. The van der Waals surface area contributed by atoms with E-state index in [1.165, 1.54) is 5.56 Å². The lowest BCUT2D eigenvalue weighted by molar-refractivity contribution is 0.619. The van der Waals surface area contributed by atoms with Crippen molar-refractivity contribution >= 4 is 0 Å². The average Bonchev–Trinajstić information content (AvgIpc) is 2.41. The van der Waals surface area contributed by atoms with Crippen LogP contribution in [-0.2, 0) is 7.05 Å². The smallest absolute Gasteiger partial charge is 0.0641 e. The van der Waals surface area contributed by atoms with Gasteiger partial charge in [-0.15, -0.1) is 6.42 Å². The van der Waals surface area contributed by atoms with E-state index in [0.29, 0.717) is 6.54 Å². The highest BCUT2D eigenvalue weighted by Gasteiger charge is 2.09. The van der Waals surface area contributed by atoms with E-state index in [4.69, 9.17) is 6.42 Å². The quantitative estimate of drug-likeness (QED) is 0.698. The van der Waals surface area contributed by atoms with Crippen LogP contribution in [0.1, 0.15) is 24.2 Å². The predicted molar refractivity (Wildman–Crippen MR) is 53.2 cm³/mol. The summed E-state index contributed by atoms with van der Waals surface area (Å²) in [5.41, 5.74) is 2.26. The normalized spacial score (nSPS) is 12.5. The van der Waals surface area contributed by atoms with Crippen molar-refractivity contribution in [2.24, 2.45) is 7.05 Å². The Morgan fingerprint density at radius 2 is 2.46 bits per heavy atom. The number of nitrogens with zero attached hydrogens (tertiary/aromatic N) is 2. The Balaban J connectivity index is 2.71. The van der Waals surface area contributed by atoms with E-state index in [-0.39, 0.29) is 6.04 Å². The molecule has 0 fully saturated rings. The van der Waals surface area contributed by atoms with Crippen LogP contribution in [0.15, 0.2) is 6.20 Å². The second-order valence-electron chi connectivity index (χ2n) is 3.15. The SMILES string of the molecule is C#CCNC(C)c1cn(C)nc1C. The maximum atomic E-state index is 5.16. The zero-order chi connectivity index (χ0) is 9.84. The standard InChI is InChI=1S/C10H15N3/c1-5-6-11-8(2)10-7-13(4)12-9(10)3/h1,7-8,11H,6H2,2-4H3. The van der Waals surface area contributed by atoms with Gasteiger partial charge in [0, 0.05) is 24.8 Å². The van der Waals surface area contributed by atoms with Gasteiger partial charge in [-0.3, -0.25) is 10.00 Å². The van der Waals surface area contributed by atoms with Crippen LogP contribution in [0.25, 0.3) is 0 Å². The van der Waals surface area contributed by atoms with Crippen molar-refractivity contribution in [3.63, 3.8) is 0 Å². The van der Waals surface area contributed by atoms with E-state index in [2.05, 4.69) is 23.3 Å². The molecule has 0 aliphatic carbocycles. The lowest BCUT2D eigenvalue weighted by Gasteiger charge is -2.09. The molecule has 1 N–H and O–H groups in total. The van der Waals surface area contributed by atoms with E-state index >= 15 is 0 Å². The summed E-state index contributed by atoms with van der Waals surface area (Å²) in [5, 5.41) is 7.48. The van der Waals surface area contributed by atoms with Crippen molar-refractivity contribution in [2.75, 3.05) is 6.54 Å². The Kier molecular flexibility index (Phi) is 3.10. The molecule has 1 aromatic heterocycles. The van der Waals surface area contributed by atoms with E-state index in [1.54, 1.807) is 0 Å². The highest BCUT2D eigenvalue weighted by Crippen LogP contribution is 2.14. The van der Waals surface area contributed by atoms with Gasteiger partial charge < -0.3 is 0 Å². The molecular formula is C10H15N3. The third-order valence-electron chi connectivity index (χ3n) is 2.03. The first kappa shape index (κ1) is 9.82. The minimum atomic E-state index is 0.268. The summed E-state index contributed by atoms with van der Waals surface area (Å²) < 4.78 is 1.82. The lowest BCUT2D eigenvalue weighted by Crippen LogP contribution is -2.18. The molecule has 1 unspecified atom stereocenters. The molecular weight excluding hydrogens is 162 g/mol. The van der Waals surface area contributed by atoms with Crippen molar-refractivity contribution in [1.82, 2.24) is 15.1 Å². The van der Waals surface area contributed by atoms with E-state index in [0.717, 1.165) is 5.69 Å². The first-order chi connectivity index (χ1) is 6.15. The van der Waals surface area contributed by atoms with Gasteiger partial charge in [-0.25, -0.2) is 0 Å². The van der Waals surface area contributed by atoms with Crippen LogP contribution in [0.3, 0.4) is 0 Å². The van der Waals surface area contributed by atoms with Crippen LogP contribution < -0.4 is 5.32 Å². The molecule has 1 rings (SSSR count). The third-order valence-corrected chi connectivity index (χ3v) is 2.03. The summed E-state index contributed by atoms with van der Waals surface area (Å²) in [6, 6.07) is 0.268. The van der Waals surface area contributed by atoms with Gasteiger partial charge in [0.2, 0.25) is 0 Å². The Hall–Kier alpha value is -1.27. The van der Waals surface area contributed by atoms with E-state index < -0.39 is 0 Å². The third kappa shape index (κ3) is 2.33. The summed E-state index contributed by atoms with van der Waals surface area (Å²) >= 11 is 0. The minimum Gasteiger partial charge on any atom is -0.299 e. The maximum absolute atomic E-state index is 5.16. The Bertz CT molecular complexity index is 319. The van der Waals surface area contributed by atoms with Crippen LogP contribution >= 0.6 is 0 Å². The molecule has 0 amide bonds. The monoisotopic (exact) mass is 177 g/mol. The summed E-state index contributed by atoms with van der Waals surface area (Å²) in [4.78, 5) is 0. The van der Waals surface area contributed by atoms with Gasteiger partial charge in [0.25, 0.3) is 0 Å². The molecule has 1 atom stereocenters. The molecule has 0 aliphatic heterocycles. The number of hydrogen-bond donors (Lipinski definition) is 1. The molecule has 0 bridgehead atoms. The number of aromatic nitrogens is 2. The largest absolute Gasteiger partial charge is 0.299 e. The molecule has 0 saturated carbocycles. The van der Waals surface area contributed by atoms with Crippen molar-refractivity contribution in [3.8, 4) is 12.3 Å². The van der Waals surface area contributed by atoms with Gasteiger partial charge in [0.1, 0.15) is 0 Å². The molecule has 1 heterocycles. The van der Waals surface area contributed by atoms with Crippen molar-refractivity contribution in [1.29, 1.82) is 0 Å². The van der Waals surface area contributed by atoms with Gasteiger partial charge in [-0.1, -0.05) is 5.92 Å². The van der Waals surface area contributed by atoms with Crippen molar-refractivity contribution in [3.05, 3.63) is 17.5 Å². The number of rotatable bonds is 3. The summed E-state index contributed by atoms with van der Waals surface area (Å²) in [6.45, 7) is 4.68. The van der Waals surface area contributed by atoms with Crippen molar-refractivity contribution in [2.45, 2.75) is 19.9 Å². The van der Waals surface area contributed by atoms with Crippen LogP contribution in [0.4, 0.5) is 0 Å². The Labute approximate surface area is 79.1 Å². The number of aryl methyl sites for hydroxylation is 2. The molecule has 0 aliphatic rings. The molecule has 1 aromatic rings. The van der Waals surface area contributed by atoms with Crippen LogP contribution in [0.2, 0.25) is 0 Å². The van der Waals surface area contributed by atoms with Gasteiger partial charge in [-0.05, 0) is 13.8 Å². The minimum absolute atomic E-state index is 0.268. The highest BCUT2D eigenvalue weighted by atomic mass is 15.3. The second-order valence-corrected chi connectivity index (χ2v) is 3.15. The Morgan fingerprint density at radius 3 is 2.92 bits per heavy atom. The zero-order valence-electron chi connectivity index (χ0n) is 8.33.